The quantitative estimate of drug-likeness (QED) is 0.723. The molecule has 1 saturated carbocycles. The van der Waals surface area contributed by atoms with Crippen molar-refractivity contribution in [2.45, 2.75) is 52.5 Å². The first-order valence-corrected chi connectivity index (χ1v) is 10.4. The normalized spacial score (nSPS) is 14.9. The molecule has 0 bridgehead atoms. The van der Waals surface area contributed by atoms with Gasteiger partial charge in [0.1, 0.15) is 0 Å². The van der Waals surface area contributed by atoms with Crippen molar-refractivity contribution in [3.8, 4) is 0 Å². The van der Waals surface area contributed by atoms with Crippen molar-refractivity contribution in [1.82, 2.24) is 15.1 Å². The van der Waals surface area contributed by atoms with Crippen LogP contribution >= 0.6 is 0 Å². The van der Waals surface area contributed by atoms with E-state index in [4.69, 9.17) is 4.74 Å². The van der Waals surface area contributed by atoms with Crippen LogP contribution in [-0.2, 0) is 16.1 Å². The van der Waals surface area contributed by atoms with Crippen LogP contribution in [0.5, 0.6) is 0 Å². The summed E-state index contributed by atoms with van der Waals surface area (Å²) >= 11 is 0. The average Bonchev–Trinajstić information content (AvgIpc) is 2.73. The molecule has 1 N–H and O–H groups in total. The number of carbonyl (C=O) groups excluding carboxylic acids is 2. The molecule has 0 saturated heterocycles. The number of esters is 1. The van der Waals surface area contributed by atoms with E-state index >= 15 is 0 Å². The third kappa shape index (κ3) is 5.43. The van der Waals surface area contributed by atoms with E-state index in [1.165, 1.54) is 23.9 Å². The molecule has 156 valence electrons. The topological polar surface area (TPSA) is 90.3 Å². The number of hydrogen-bond acceptors (Lipinski definition) is 5. The van der Waals surface area contributed by atoms with Crippen LogP contribution in [0.2, 0.25) is 0 Å². The summed E-state index contributed by atoms with van der Waals surface area (Å²) in [7, 11) is 0. The summed E-state index contributed by atoms with van der Waals surface area (Å²) < 4.78 is 6.51. The summed E-state index contributed by atoms with van der Waals surface area (Å²) in [6.07, 6.45) is 5.95. The van der Waals surface area contributed by atoms with Gasteiger partial charge in [-0.25, -0.2) is 9.48 Å². The van der Waals surface area contributed by atoms with Crippen molar-refractivity contribution in [1.29, 1.82) is 0 Å². The Kier molecular flexibility index (Phi) is 7.01. The molecule has 1 aromatic heterocycles. The van der Waals surface area contributed by atoms with Crippen LogP contribution < -0.4 is 10.9 Å². The first kappa shape index (κ1) is 21.0. The van der Waals surface area contributed by atoms with Crippen LogP contribution in [0, 0.1) is 11.8 Å². The molecule has 1 amide bonds. The number of nitrogens with zero attached hydrogens (tertiary/aromatic N) is 2. The second-order valence-corrected chi connectivity index (χ2v) is 8.16. The number of benzene rings is 1. The van der Waals surface area contributed by atoms with Gasteiger partial charge in [-0.05, 0) is 30.7 Å². The highest BCUT2D eigenvalue weighted by molar-refractivity contribution is 6.02. The molecule has 0 atom stereocenters. The fourth-order valence-corrected chi connectivity index (χ4v) is 3.76. The van der Waals surface area contributed by atoms with Crippen LogP contribution in [-0.4, -0.2) is 34.8 Å². The average molecular weight is 399 g/mol. The van der Waals surface area contributed by atoms with Gasteiger partial charge in [0.25, 0.3) is 11.5 Å². The number of hydrogen-bond donors (Lipinski definition) is 1. The molecule has 1 aromatic carbocycles. The molecule has 1 aliphatic rings. The molecule has 0 unspecified atom stereocenters. The highest BCUT2D eigenvalue weighted by atomic mass is 16.5. The van der Waals surface area contributed by atoms with Gasteiger partial charge in [0, 0.05) is 18.5 Å². The van der Waals surface area contributed by atoms with Crippen LogP contribution in [0.3, 0.4) is 0 Å². The summed E-state index contributed by atoms with van der Waals surface area (Å²) in [6, 6.07) is 6.83. The van der Waals surface area contributed by atoms with Gasteiger partial charge in [-0.2, -0.15) is 5.10 Å². The van der Waals surface area contributed by atoms with Crippen molar-refractivity contribution in [2.75, 3.05) is 13.2 Å². The third-order valence-electron chi connectivity index (χ3n) is 5.25. The molecule has 7 nitrogen and oxygen atoms in total. The predicted octanol–water partition coefficient (Wildman–Crippen LogP) is 2.91. The molecule has 0 aliphatic heterocycles. The zero-order valence-electron chi connectivity index (χ0n) is 17.1. The van der Waals surface area contributed by atoms with Gasteiger partial charge < -0.3 is 10.1 Å². The van der Waals surface area contributed by atoms with Crippen molar-refractivity contribution >= 4 is 22.6 Å². The van der Waals surface area contributed by atoms with E-state index in [1.54, 1.807) is 24.3 Å². The Morgan fingerprint density at radius 3 is 2.55 bits per heavy atom. The maximum Gasteiger partial charge on any atom is 0.359 e. The first-order valence-electron chi connectivity index (χ1n) is 10.4. The van der Waals surface area contributed by atoms with Crippen LogP contribution in [0.1, 0.15) is 56.4 Å². The Labute approximate surface area is 170 Å². The number of carbonyl (C=O) groups is 2. The maximum absolute atomic E-state index is 12.6. The minimum absolute atomic E-state index is 0.0564. The fraction of sp³-hybridized carbons (Fsp3) is 0.545. The van der Waals surface area contributed by atoms with E-state index in [9.17, 15) is 14.4 Å². The number of fused-ring (bicyclic) bond motifs is 1. The molecule has 1 aliphatic carbocycles. The standard InChI is InChI=1S/C22H29N3O4/c1-15(2)13-25-21(27)18-11-7-6-10-17(18)20(24-25)22(28)29-14-19(26)23-12-16-8-4-3-5-9-16/h6-7,10-11,15-16H,3-5,8-9,12-14H2,1-2H3,(H,23,26). The number of rotatable bonds is 7. The third-order valence-corrected chi connectivity index (χ3v) is 5.25. The van der Waals surface area contributed by atoms with Gasteiger partial charge >= 0.3 is 5.97 Å². The Balaban J connectivity index is 1.68. The van der Waals surface area contributed by atoms with Crippen LogP contribution in [0.15, 0.2) is 29.1 Å². The molecular weight excluding hydrogens is 370 g/mol. The molecule has 1 fully saturated rings. The summed E-state index contributed by atoms with van der Waals surface area (Å²) in [5.74, 6) is -0.320. The van der Waals surface area contributed by atoms with Gasteiger partial charge in [-0.1, -0.05) is 51.3 Å². The Morgan fingerprint density at radius 1 is 1.17 bits per heavy atom. The molecular formula is C22H29N3O4. The van der Waals surface area contributed by atoms with E-state index in [0.29, 0.717) is 29.8 Å². The zero-order chi connectivity index (χ0) is 20.8. The first-order chi connectivity index (χ1) is 14.0. The van der Waals surface area contributed by atoms with Crippen LogP contribution in [0.25, 0.3) is 10.8 Å². The number of nitrogens with one attached hydrogen (secondary N) is 1. The molecule has 0 radical (unpaired) electrons. The second-order valence-electron chi connectivity index (χ2n) is 8.16. The minimum Gasteiger partial charge on any atom is -0.451 e. The number of aromatic nitrogens is 2. The number of amides is 1. The van der Waals surface area contributed by atoms with E-state index in [-0.39, 0.29) is 29.7 Å². The monoisotopic (exact) mass is 399 g/mol. The SMILES string of the molecule is CC(C)Cn1nc(C(=O)OCC(=O)NCC2CCCCC2)c2ccccc2c1=O. The summed E-state index contributed by atoms with van der Waals surface area (Å²) in [5.41, 5.74) is -0.183. The fourth-order valence-electron chi connectivity index (χ4n) is 3.76. The Hall–Kier alpha value is -2.70. The van der Waals surface area contributed by atoms with Crippen molar-refractivity contribution in [3.05, 3.63) is 40.3 Å². The predicted molar refractivity (Wildman–Crippen MR) is 111 cm³/mol. The minimum atomic E-state index is -0.702. The molecule has 0 spiro atoms. The lowest BCUT2D eigenvalue weighted by molar-refractivity contribution is -0.124. The maximum atomic E-state index is 12.6. The summed E-state index contributed by atoms with van der Waals surface area (Å²) in [6.45, 7) is 4.60. The van der Waals surface area contributed by atoms with Gasteiger partial charge in [-0.15, -0.1) is 0 Å². The van der Waals surface area contributed by atoms with Gasteiger partial charge in [0.05, 0.1) is 5.39 Å². The van der Waals surface area contributed by atoms with Gasteiger partial charge in [0.2, 0.25) is 0 Å². The van der Waals surface area contributed by atoms with Gasteiger partial charge in [0.15, 0.2) is 12.3 Å². The molecule has 1 heterocycles. The van der Waals surface area contributed by atoms with E-state index in [2.05, 4.69) is 10.4 Å². The highest BCUT2D eigenvalue weighted by Gasteiger charge is 2.20. The van der Waals surface area contributed by atoms with Crippen molar-refractivity contribution in [2.24, 2.45) is 11.8 Å². The van der Waals surface area contributed by atoms with Crippen LogP contribution in [0.4, 0.5) is 0 Å². The molecule has 7 heteroatoms. The van der Waals surface area contributed by atoms with Gasteiger partial charge in [-0.3, -0.25) is 9.59 Å². The lowest BCUT2D eigenvalue weighted by Crippen LogP contribution is -2.34. The smallest absolute Gasteiger partial charge is 0.359 e. The van der Waals surface area contributed by atoms with E-state index < -0.39 is 5.97 Å². The van der Waals surface area contributed by atoms with Crippen molar-refractivity contribution < 1.29 is 14.3 Å². The Morgan fingerprint density at radius 2 is 1.86 bits per heavy atom. The summed E-state index contributed by atoms with van der Waals surface area (Å²) in [5, 5.41) is 7.94. The summed E-state index contributed by atoms with van der Waals surface area (Å²) in [4.78, 5) is 37.4. The molecule has 2 aromatic rings. The molecule has 29 heavy (non-hydrogen) atoms. The highest BCUT2D eigenvalue weighted by Crippen LogP contribution is 2.22. The van der Waals surface area contributed by atoms with E-state index in [0.717, 1.165) is 12.8 Å². The lowest BCUT2D eigenvalue weighted by atomic mass is 9.89. The largest absolute Gasteiger partial charge is 0.451 e. The zero-order valence-corrected chi connectivity index (χ0v) is 17.1. The molecule has 3 rings (SSSR count). The Bertz CT molecular complexity index is 929. The number of ether oxygens (including phenoxy) is 1. The van der Waals surface area contributed by atoms with Crippen molar-refractivity contribution in [3.63, 3.8) is 0 Å². The lowest BCUT2D eigenvalue weighted by Gasteiger charge is -2.21. The second kappa shape index (κ2) is 9.67. The van der Waals surface area contributed by atoms with E-state index in [1.807, 2.05) is 13.8 Å².